The molecule has 0 aromatic carbocycles. The fraction of sp³-hybridized carbons (Fsp3) is 1.00. The average Bonchev–Trinajstić information content (AvgIpc) is 2.07. The van der Waals surface area contributed by atoms with Crippen LogP contribution in [0.3, 0.4) is 0 Å². The maximum absolute atomic E-state index is 11.2. The summed E-state index contributed by atoms with van der Waals surface area (Å²) in [6.07, 6.45) is 3.18. The van der Waals surface area contributed by atoms with Crippen LogP contribution in [0.1, 0.15) is 13.3 Å². The molecule has 0 radical (unpaired) electrons. The molecule has 1 aliphatic heterocycles. The molecule has 1 aliphatic rings. The van der Waals surface area contributed by atoms with E-state index in [1.165, 1.54) is 6.42 Å². The zero-order valence-electron chi connectivity index (χ0n) is 7.36. The predicted octanol–water partition coefficient (Wildman–Crippen LogP) is 1.38. The van der Waals surface area contributed by atoms with Crippen LogP contribution in [0.4, 0.5) is 0 Å². The first-order valence-corrected chi connectivity index (χ1v) is 7.63. The molecule has 0 saturated carbocycles. The second kappa shape index (κ2) is 5.18. The Morgan fingerprint density at radius 1 is 1.50 bits per heavy atom. The van der Waals surface area contributed by atoms with Crippen molar-refractivity contribution in [1.29, 1.82) is 0 Å². The zero-order chi connectivity index (χ0) is 9.78. The van der Waals surface area contributed by atoms with Crippen LogP contribution < -0.4 is 0 Å². The van der Waals surface area contributed by atoms with E-state index < -0.39 is 15.4 Å². The molecule has 74 valence electrons. The van der Waals surface area contributed by atoms with Gasteiger partial charge < -0.3 is 14.4 Å². The van der Waals surface area contributed by atoms with Crippen LogP contribution >= 0.6 is 15.4 Å². The zero-order valence-corrected chi connectivity index (χ0v) is 9.25. The second-order valence-corrected chi connectivity index (χ2v) is 7.35. The molecule has 2 N–H and O–H groups in total. The topological polar surface area (TPSA) is 74.6 Å². The predicted molar refractivity (Wildman–Crippen MR) is 50.5 cm³/mol. The Kier molecular flexibility index (Phi) is 5.35. The van der Waals surface area contributed by atoms with Crippen LogP contribution in [-0.4, -0.2) is 28.8 Å². The van der Waals surface area contributed by atoms with Crippen molar-refractivity contribution in [2.24, 2.45) is 5.92 Å². The van der Waals surface area contributed by atoms with E-state index >= 15 is 0 Å². The average molecular weight is 214 g/mol. The largest absolute Gasteiger partial charge is 0.326 e. The summed E-state index contributed by atoms with van der Waals surface area (Å²) in [5.41, 5.74) is 0. The van der Waals surface area contributed by atoms with Gasteiger partial charge >= 0.3 is 8.25 Å². The summed E-state index contributed by atoms with van der Waals surface area (Å²) in [6, 6.07) is 0. The minimum Gasteiger partial charge on any atom is -0.326 e. The van der Waals surface area contributed by atoms with Gasteiger partial charge in [0, 0.05) is 12.3 Å². The molecule has 2 unspecified atom stereocenters. The summed E-state index contributed by atoms with van der Waals surface area (Å²) in [6.45, 7) is 4.11. The van der Waals surface area contributed by atoms with E-state index in [2.05, 4.69) is 6.92 Å². The van der Waals surface area contributed by atoms with Crippen molar-refractivity contribution in [3.05, 3.63) is 0 Å². The van der Waals surface area contributed by atoms with Crippen molar-refractivity contribution in [1.82, 2.24) is 0 Å². The van der Waals surface area contributed by atoms with Crippen LogP contribution in [0.25, 0.3) is 0 Å². The van der Waals surface area contributed by atoms with Gasteiger partial charge in [-0.3, -0.25) is 4.57 Å². The smallest absolute Gasteiger partial charge is 0.314 e. The van der Waals surface area contributed by atoms with Gasteiger partial charge in [0.1, 0.15) is 0 Å². The third-order valence-corrected chi connectivity index (χ3v) is 4.39. The van der Waals surface area contributed by atoms with Crippen LogP contribution in [0.5, 0.6) is 0 Å². The van der Waals surface area contributed by atoms with Gasteiger partial charge in [-0.2, -0.15) is 0 Å². The van der Waals surface area contributed by atoms with Gasteiger partial charge in [-0.05, 0) is 19.0 Å². The fourth-order valence-electron chi connectivity index (χ4n) is 1.34. The van der Waals surface area contributed by atoms with Crippen LogP contribution in [0.2, 0.25) is 0 Å². The van der Waals surface area contributed by atoms with E-state index in [9.17, 15) is 4.57 Å². The Morgan fingerprint density at radius 3 is 2.00 bits per heavy atom. The molecule has 0 aromatic heterocycles. The Hall–Kier alpha value is 0.380. The van der Waals surface area contributed by atoms with Gasteiger partial charge in [0.05, 0.1) is 7.14 Å². The van der Waals surface area contributed by atoms with E-state index in [-0.39, 0.29) is 0 Å². The second-order valence-electron chi connectivity index (χ2n) is 3.38. The van der Waals surface area contributed by atoms with Crippen LogP contribution in [0.15, 0.2) is 0 Å². The maximum atomic E-state index is 11.2. The molecule has 0 bridgehead atoms. The van der Waals surface area contributed by atoms with Gasteiger partial charge in [-0.1, -0.05) is 6.92 Å². The Morgan fingerprint density at radius 2 is 1.92 bits per heavy atom. The minimum atomic E-state index is -3.13. The van der Waals surface area contributed by atoms with Gasteiger partial charge in [0.2, 0.25) is 0 Å². The third kappa shape index (κ3) is 7.05. The van der Waals surface area contributed by atoms with Gasteiger partial charge in [0.15, 0.2) is 0 Å². The molecular weight excluding hydrogens is 198 g/mol. The third-order valence-electron chi connectivity index (χ3n) is 1.79. The highest BCUT2D eigenvalue weighted by Crippen LogP contribution is 2.50. The first-order chi connectivity index (χ1) is 5.33. The number of hydrogen-bond acceptors (Lipinski definition) is 2. The van der Waals surface area contributed by atoms with Crippen molar-refractivity contribution in [3.8, 4) is 0 Å². The fourth-order valence-corrected chi connectivity index (χ4v) is 4.01. The van der Waals surface area contributed by atoms with E-state index in [1.54, 1.807) is 0 Å². The molecular formula is C6H16O4P2. The minimum absolute atomic E-state index is 0.728. The van der Waals surface area contributed by atoms with E-state index in [0.717, 1.165) is 18.2 Å². The van der Waals surface area contributed by atoms with E-state index in [1.807, 2.05) is 6.66 Å². The Balaban J connectivity index is 0.000000261. The van der Waals surface area contributed by atoms with Crippen molar-refractivity contribution in [3.63, 3.8) is 0 Å². The summed E-state index contributed by atoms with van der Waals surface area (Å²) in [5.74, 6) is 0.728. The lowest BCUT2D eigenvalue weighted by Gasteiger charge is -1.99. The molecule has 0 amide bonds. The molecule has 12 heavy (non-hydrogen) atoms. The molecule has 1 rings (SSSR count). The molecule has 1 heterocycles. The standard InChI is InChI=1S/C6H13OP.H3O3P/c1-6-3-4-8(2,7)5-6;1-4(2)3/h6H,3-5H2,1-2H3;4H,(H2,1,2,3). The summed E-state index contributed by atoms with van der Waals surface area (Å²) < 4.78 is 20.0. The molecule has 4 nitrogen and oxygen atoms in total. The lowest BCUT2D eigenvalue weighted by molar-refractivity contribution is 0.405. The van der Waals surface area contributed by atoms with E-state index in [0.29, 0.717) is 0 Å². The molecule has 0 aliphatic carbocycles. The molecule has 2 atom stereocenters. The monoisotopic (exact) mass is 214 g/mol. The Labute approximate surface area is 73.3 Å². The first-order valence-electron chi connectivity index (χ1n) is 3.81. The molecule has 0 spiro atoms. The number of hydrogen-bond donors (Lipinski definition) is 2. The quantitative estimate of drug-likeness (QED) is 0.597. The summed E-state index contributed by atoms with van der Waals surface area (Å²) in [7, 11) is -4.73. The Bertz CT molecular complexity index is 200. The van der Waals surface area contributed by atoms with Gasteiger partial charge in [-0.25, -0.2) is 0 Å². The highest BCUT2D eigenvalue weighted by molar-refractivity contribution is 7.63. The van der Waals surface area contributed by atoms with E-state index in [4.69, 9.17) is 14.4 Å². The van der Waals surface area contributed by atoms with Crippen molar-refractivity contribution >= 4 is 15.4 Å². The van der Waals surface area contributed by atoms with Crippen molar-refractivity contribution in [2.45, 2.75) is 13.3 Å². The normalized spacial score (nSPS) is 34.6. The summed E-state index contributed by atoms with van der Waals surface area (Å²) >= 11 is 0. The molecule has 0 aromatic rings. The van der Waals surface area contributed by atoms with Crippen LogP contribution in [-0.2, 0) is 9.13 Å². The maximum Gasteiger partial charge on any atom is 0.314 e. The molecule has 1 saturated heterocycles. The number of rotatable bonds is 0. The molecule has 6 heteroatoms. The lowest BCUT2D eigenvalue weighted by Crippen LogP contribution is -1.87. The highest BCUT2D eigenvalue weighted by atomic mass is 31.2. The lowest BCUT2D eigenvalue weighted by atomic mass is 10.2. The van der Waals surface area contributed by atoms with Gasteiger partial charge in [0.25, 0.3) is 0 Å². The van der Waals surface area contributed by atoms with Crippen molar-refractivity contribution in [2.75, 3.05) is 19.0 Å². The highest BCUT2D eigenvalue weighted by Gasteiger charge is 2.26. The van der Waals surface area contributed by atoms with Crippen LogP contribution in [0, 0.1) is 5.92 Å². The summed E-state index contributed by atoms with van der Waals surface area (Å²) in [5, 5.41) is 0. The SMILES string of the molecule is CC1CCP(C)(=O)C1.O=[PH](O)O. The van der Waals surface area contributed by atoms with Gasteiger partial charge in [-0.15, -0.1) is 0 Å². The van der Waals surface area contributed by atoms with Crippen molar-refractivity contribution < 1.29 is 18.9 Å². The molecule has 1 fully saturated rings. The first kappa shape index (κ1) is 12.4. The summed E-state index contributed by atoms with van der Waals surface area (Å²) in [4.78, 5) is 14.3.